The van der Waals surface area contributed by atoms with Gasteiger partial charge in [0.25, 0.3) is 0 Å². The molecular weight excluding hydrogens is 197 g/mol. The van der Waals surface area contributed by atoms with Crippen LogP contribution in [-0.4, -0.2) is 17.6 Å². The lowest BCUT2D eigenvalue weighted by molar-refractivity contribution is 0.0696. The van der Waals surface area contributed by atoms with Crippen molar-refractivity contribution in [1.29, 1.82) is 0 Å². The molecule has 1 aromatic carbocycles. The fourth-order valence-corrected chi connectivity index (χ4v) is 1.96. The Morgan fingerprint density at radius 3 is 3.00 bits per heavy atom. The van der Waals surface area contributed by atoms with Gasteiger partial charge in [-0.3, -0.25) is 0 Å². The van der Waals surface area contributed by atoms with Gasteiger partial charge in [0, 0.05) is 12.1 Å². The first kappa shape index (κ1) is 9.96. The van der Waals surface area contributed by atoms with Crippen LogP contribution in [0.4, 0.5) is 10.1 Å². The molecule has 0 atom stereocenters. The Bertz CT molecular complexity index is 429. The first-order chi connectivity index (χ1) is 7.11. The molecule has 15 heavy (non-hydrogen) atoms. The molecule has 0 radical (unpaired) electrons. The van der Waals surface area contributed by atoms with Crippen LogP contribution in [0.15, 0.2) is 6.07 Å². The molecule has 1 aromatic rings. The normalized spacial score (nSPS) is 14.3. The van der Waals surface area contributed by atoms with E-state index < -0.39 is 11.8 Å². The number of carboxylic acid groups (broad SMARTS) is 1. The summed E-state index contributed by atoms with van der Waals surface area (Å²) in [4.78, 5) is 11.0. The Morgan fingerprint density at radius 1 is 1.60 bits per heavy atom. The molecular formula is C11H12FNO2. The molecule has 0 aliphatic carbocycles. The number of rotatable bonds is 1. The van der Waals surface area contributed by atoms with Crippen LogP contribution in [-0.2, 0) is 6.42 Å². The zero-order chi connectivity index (χ0) is 11.0. The summed E-state index contributed by atoms with van der Waals surface area (Å²) in [6.45, 7) is 2.24. The second-order valence-corrected chi connectivity index (χ2v) is 3.73. The SMILES string of the molecule is Cc1c(F)cc2c(c1C(=O)O)NCCC2. The number of fused-ring (bicyclic) bond motifs is 1. The minimum absolute atomic E-state index is 0.0738. The van der Waals surface area contributed by atoms with Gasteiger partial charge in [-0.25, -0.2) is 9.18 Å². The van der Waals surface area contributed by atoms with Crippen molar-refractivity contribution in [2.75, 3.05) is 11.9 Å². The molecule has 0 fully saturated rings. The number of carboxylic acids is 1. The quantitative estimate of drug-likeness (QED) is 0.745. The lowest BCUT2D eigenvalue weighted by Gasteiger charge is -2.21. The van der Waals surface area contributed by atoms with Crippen LogP contribution in [0.3, 0.4) is 0 Å². The summed E-state index contributed by atoms with van der Waals surface area (Å²) in [7, 11) is 0. The highest BCUT2D eigenvalue weighted by atomic mass is 19.1. The molecule has 0 amide bonds. The zero-order valence-electron chi connectivity index (χ0n) is 8.43. The third-order valence-corrected chi connectivity index (χ3v) is 2.74. The molecule has 0 spiro atoms. The monoisotopic (exact) mass is 209 g/mol. The number of benzene rings is 1. The molecule has 1 heterocycles. The van der Waals surface area contributed by atoms with Gasteiger partial charge in [0.2, 0.25) is 0 Å². The molecule has 1 aliphatic heterocycles. The molecule has 80 valence electrons. The van der Waals surface area contributed by atoms with Gasteiger partial charge < -0.3 is 10.4 Å². The topological polar surface area (TPSA) is 49.3 Å². The minimum Gasteiger partial charge on any atom is -0.478 e. The predicted octanol–water partition coefficient (Wildman–Crippen LogP) is 2.19. The van der Waals surface area contributed by atoms with Crippen molar-refractivity contribution >= 4 is 11.7 Å². The second-order valence-electron chi connectivity index (χ2n) is 3.73. The van der Waals surface area contributed by atoms with Gasteiger partial charge in [0.15, 0.2) is 0 Å². The van der Waals surface area contributed by atoms with Gasteiger partial charge >= 0.3 is 5.97 Å². The number of aryl methyl sites for hydroxylation is 1. The molecule has 0 aromatic heterocycles. The smallest absolute Gasteiger partial charge is 0.338 e. The zero-order valence-corrected chi connectivity index (χ0v) is 8.43. The van der Waals surface area contributed by atoms with Crippen LogP contribution in [0.5, 0.6) is 0 Å². The van der Waals surface area contributed by atoms with Crippen LogP contribution in [0.25, 0.3) is 0 Å². The van der Waals surface area contributed by atoms with Crippen LogP contribution < -0.4 is 5.32 Å². The molecule has 2 rings (SSSR count). The first-order valence-corrected chi connectivity index (χ1v) is 4.90. The Hall–Kier alpha value is -1.58. The van der Waals surface area contributed by atoms with E-state index in [0.717, 1.165) is 24.9 Å². The average Bonchev–Trinajstić information content (AvgIpc) is 2.19. The lowest BCUT2D eigenvalue weighted by atomic mass is 9.95. The van der Waals surface area contributed by atoms with E-state index in [4.69, 9.17) is 5.11 Å². The summed E-state index contributed by atoms with van der Waals surface area (Å²) in [6, 6.07) is 1.43. The van der Waals surface area contributed by atoms with Crippen LogP contribution >= 0.6 is 0 Å². The van der Waals surface area contributed by atoms with Crippen molar-refractivity contribution in [3.63, 3.8) is 0 Å². The fraction of sp³-hybridized carbons (Fsp3) is 0.364. The van der Waals surface area contributed by atoms with E-state index >= 15 is 0 Å². The third-order valence-electron chi connectivity index (χ3n) is 2.74. The van der Waals surface area contributed by atoms with Crippen molar-refractivity contribution in [2.45, 2.75) is 19.8 Å². The molecule has 0 bridgehead atoms. The number of hydrogen-bond acceptors (Lipinski definition) is 2. The maximum absolute atomic E-state index is 13.4. The number of halogens is 1. The van der Waals surface area contributed by atoms with Crippen molar-refractivity contribution < 1.29 is 14.3 Å². The van der Waals surface area contributed by atoms with E-state index in [2.05, 4.69) is 5.32 Å². The van der Waals surface area contributed by atoms with Crippen molar-refractivity contribution in [3.8, 4) is 0 Å². The van der Waals surface area contributed by atoms with Crippen molar-refractivity contribution in [3.05, 3.63) is 28.6 Å². The standard InChI is InChI=1S/C11H12FNO2/c1-6-8(12)5-7-3-2-4-13-10(7)9(6)11(14)15/h5,13H,2-4H2,1H3,(H,14,15). The Balaban J connectivity index is 2.68. The van der Waals surface area contributed by atoms with E-state index in [1.807, 2.05) is 0 Å². The molecule has 2 N–H and O–H groups in total. The Kier molecular flexibility index (Phi) is 2.34. The summed E-state index contributed by atoms with van der Waals surface area (Å²) >= 11 is 0. The number of anilines is 1. The maximum atomic E-state index is 13.4. The summed E-state index contributed by atoms with van der Waals surface area (Å²) in [5, 5.41) is 12.1. The molecule has 4 heteroatoms. The molecule has 0 saturated heterocycles. The molecule has 0 unspecified atom stereocenters. The Labute approximate surface area is 86.9 Å². The maximum Gasteiger partial charge on any atom is 0.338 e. The summed E-state index contributed by atoms with van der Waals surface area (Å²) in [5.41, 5.74) is 1.63. The largest absolute Gasteiger partial charge is 0.478 e. The number of carbonyl (C=O) groups is 1. The minimum atomic E-state index is -1.07. The van der Waals surface area contributed by atoms with Crippen LogP contribution in [0.1, 0.15) is 27.9 Å². The highest BCUT2D eigenvalue weighted by Gasteiger charge is 2.22. The van der Waals surface area contributed by atoms with E-state index in [1.165, 1.54) is 13.0 Å². The fourth-order valence-electron chi connectivity index (χ4n) is 1.96. The van der Waals surface area contributed by atoms with E-state index in [-0.39, 0.29) is 11.1 Å². The van der Waals surface area contributed by atoms with Gasteiger partial charge in [-0.1, -0.05) is 0 Å². The highest BCUT2D eigenvalue weighted by Crippen LogP contribution is 2.30. The average molecular weight is 209 g/mol. The van der Waals surface area contributed by atoms with Gasteiger partial charge in [0.1, 0.15) is 5.82 Å². The van der Waals surface area contributed by atoms with E-state index in [1.54, 1.807) is 0 Å². The van der Waals surface area contributed by atoms with Gasteiger partial charge in [0.05, 0.1) is 11.3 Å². The number of aromatic carboxylic acids is 1. The lowest BCUT2D eigenvalue weighted by Crippen LogP contribution is -2.17. The number of nitrogens with one attached hydrogen (secondary N) is 1. The third kappa shape index (κ3) is 1.56. The predicted molar refractivity (Wildman–Crippen MR) is 54.9 cm³/mol. The highest BCUT2D eigenvalue weighted by molar-refractivity contribution is 5.97. The molecule has 0 saturated carbocycles. The van der Waals surface area contributed by atoms with Gasteiger partial charge in [-0.05, 0) is 31.4 Å². The van der Waals surface area contributed by atoms with E-state index in [9.17, 15) is 9.18 Å². The summed E-state index contributed by atoms with van der Waals surface area (Å²) in [6.07, 6.45) is 1.65. The molecule has 3 nitrogen and oxygen atoms in total. The van der Waals surface area contributed by atoms with Gasteiger partial charge in [-0.2, -0.15) is 0 Å². The van der Waals surface area contributed by atoms with Gasteiger partial charge in [-0.15, -0.1) is 0 Å². The van der Waals surface area contributed by atoms with Crippen LogP contribution in [0, 0.1) is 12.7 Å². The van der Waals surface area contributed by atoms with Crippen LogP contribution in [0.2, 0.25) is 0 Å². The number of hydrogen-bond donors (Lipinski definition) is 2. The first-order valence-electron chi connectivity index (χ1n) is 4.90. The summed E-state index contributed by atoms with van der Waals surface area (Å²) < 4.78 is 13.4. The van der Waals surface area contributed by atoms with Crippen molar-refractivity contribution in [1.82, 2.24) is 0 Å². The molecule has 1 aliphatic rings. The van der Waals surface area contributed by atoms with Crippen molar-refractivity contribution in [2.24, 2.45) is 0 Å². The second kappa shape index (κ2) is 3.53. The Morgan fingerprint density at radius 2 is 2.33 bits per heavy atom. The summed E-state index contributed by atoms with van der Waals surface area (Å²) in [5.74, 6) is -1.51. The van der Waals surface area contributed by atoms with E-state index in [0.29, 0.717) is 5.69 Å².